The van der Waals surface area contributed by atoms with Crippen molar-refractivity contribution in [3.05, 3.63) is 39.9 Å². The van der Waals surface area contributed by atoms with Crippen molar-refractivity contribution >= 4 is 35.5 Å². The van der Waals surface area contributed by atoms with Gasteiger partial charge in [0, 0.05) is 37.3 Å². The van der Waals surface area contributed by atoms with Crippen molar-refractivity contribution in [2.45, 2.75) is 31.5 Å². The summed E-state index contributed by atoms with van der Waals surface area (Å²) in [7, 11) is 0. The van der Waals surface area contributed by atoms with Crippen LogP contribution in [0.1, 0.15) is 12.5 Å². The van der Waals surface area contributed by atoms with Gasteiger partial charge in [0.2, 0.25) is 6.04 Å². The maximum Gasteiger partial charge on any atom is 0.332 e. The van der Waals surface area contributed by atoms with Crippen LogP contribution >= 0.6 is 0 Å². The topological polar surface area (TPSA) is 248 Å². The maximum atomic E-state index is 11.5. The van der Waals surface area contributed by atoms with E-state index in [0.29, 0.717) is 5.56 Å². The number of rotatable bonds is 18. The predicted molar refractivity (Wildman–Crippen MR) is 123 cm³/mol. The number of carboxylic acids is 5. The van der Waals surface area contributed by atoms with Crippen LogP contribution < -0.4 is 5.32 Å². The van der Waals surface area contributed by atoms with E-state index in [1.54, 1.807) is 0 Å². The number of benzene rings is 1. The maximum absolute atomic E-state index is 11.5. The van der Waals surface area contributed by atoms with Gasteiger partial charge in [0.15, 0.2) is 0 Å². The van der Waals surface area contributed by atoms with Crippen LogP contribution in [0.25, 0.3) is 0 Å². The van der Waals surface area contributed by atoms with Crippen LogP contribution in [0.4, 0.5) is 5.69 Å². The van der Waals surface area contributed by atoms with Crippen LogP contribution in [0.2, 0.25) is 0 Å². The van der Waals surface area contributed by atoms with Gasteiger partial charge < -0.3 is 25.5 Å². The zero-order valence-corrected chi connectivity index (χ0v) is 19.7. The van der Waals surface area contributed by atoms with E-state index in [9.17, 15) is 49.4 Å². The van der Waals surface area contributed by atoms with Crippen LogP contribution in [0.3, 0.4) is 0 Å². The molecule has 16 nitrogen and oxygen atoms in total. The lowest BCUT2D eigenvalue weighted by Crippen LogP contribution is -2.54. The van der Waals surface area contributed by atoms with Crippen LogP contribution in [0.5, 0.6) is 0 Å². The van der Waals surface area contributed by atoms with Gasteiger partial charge in [-0.25, -0.2) is 9.59 Å². The molecule has 0 aliphatic carbocycles. The fraction of sp³-hybridized carbons (Fsp3) is 0.476. The highest BCUT2D eigenvalue weighted by Gasteiger charge is 2.30. The second kappa shape index (κ2) is 14.4. The third-order valence-corrected chi connectivity index (χ3v) is 5.12. The minimum absolute atomic E-state index is 0.0106. The summed E-state index contributed by atoms with van der Waals surface area (Å²) in [5.41, 5.74) is 0.279. The number of carboxylic acid groups (broad SMARTS) is 5. The van der Waals surface area contributed by atoms with E-state index in [1.165, 1.54) is 36.1 Å². The fourth-order valence-electron chi connectivity index (χ4n) is 3.66. The number of nitro benzene ring substituents is 1. The number of nitro groups is 1. The third-order valence-electron chi connectivity index (χ3n) is 5.12. The molecule has 0 saturated heterocycles. The van der Waals surface area contributed by atoms with E-state index in [4.69, 9.17) is 10.2 Å². The highest BCUT2D eigenvalue weighted by molar-refractivity contribution is 5.97. The van der Waals surface area contributed by atoms with Crippen molar-refractivity contribution in [3.8, 4) is 0 Å². The van der Waals surface area contributed by atoms with Gasteiger partial charge in [-0.3, -0.25) is 39.6 Å². The van der Waals surface area contributed by atoms with E-state index in [0.717, 1.165) is 4.90 Å². The molecule has 0 spiro atoms. The molecule has 2 atom stereocenters. The number of carbonyl (C=O) groups is 5. The molecule has 0 fully saturated rings. The SMILES string of the molecule is CC(CN(CC(=O)O)CC(Cc1ccc([N+](=O)[O-])cc1)N(CC(=O)O)CC(=O)O)NC(C(=O)O)C(=O)O. The number of nitrogens with one attached hydrogen (secondary N) is 1. The summed E-state index contributed by atoms with van der Waals surface area (Å²) in [6, 6.07) is 1.50. The van der Waals surface area contributed by atoms with Crippen molar-refractivity contribution in [1.29, 1.82) is 0 Å². The molecule has 1 rings (SSSR count). The molecule has 1 aromatic carbocycles. The molecule has 0 heterocycles. The molecule has 37 heavy (non-hydrogen) atoms. The lowest BCUT2D eigenvalue weighted by atomic mass is 10.0. The van der Waals surface area contributed by atoms with Crippen LogP contribution in [0.15, 0.2) is 24.3 Å². The molecule has 6 N–H and O–H groups in total. The zero-order chi connectivity index (χ0) is 28.3. The summed E-state index contributed by atoms with van der Waals surface area (Å²) < 4.78 is 0. The summed E-state index contributed by atoms with van der Waals surface area (Å²) in [6.07, 6.45) is -0.0106. The number of hydrogen-bond acceptors (Lipinski definition) is 10. The minimum atomic E-state index is -1.96. The normalized spacial score (nSPS) is 12.9. The lowest BCUT2D eigenvalue weighted by Gasteiger charge is -2.35. The molecule has 16 heteroatoms. The van der Waals surface area contributed by atoms with Crippen LogP contribution in [-0.4, -0.2) is 121 Å². The molecule has 0 saturated carbocycles. The van der Waals surface area contributed by atoms with Gasteiger partial charge in [-0.15, -0.1) is 0 Å². The first-order valence-corrected chi connectivity index (χ1v) is 10.8. The van der Waals surface area contributed by atoms with Crippen molar-refractivity contribution < 1.29 is 54.4 Å². The number of aliphatic carboxylic acids is 5. The largest absolute Gasteiger partial charge is 0.480 e. The number of nitrogens with zero attached hydrogens (tertiary/aromatic N) is 3. The molecule has 0 aliphatic heterocycles. The Kier molecular flexibility index (Phi) is 12.0. The molecular formula is C21H28N4O12. The Morgan fingerprint density at radius 3 is 1.76 bits per heavy atom. The minimum Gasteiger partial charge on any atom is -0.480 e. The van der Waals surface area contributed by atoms with Gasteiger partial charge in [-0.2, -0.15) is 0 Å². The third kappa shape index (κ3) is 11.4. The van der Waals surface area contributed by atoms with E-state index in [-0.39, 0.29) is 25.2 Å². The molecule has 1 aromatic rings. The first-order chi connectivity index (χ1) is 17.2. The smallest absolute Gasteiger partial charge is 0.332 e. The number of non-ortho nitro benzene ring substituents is 1. The van der Waals surface area contributed by atoms with Gasteiger partial charge in [0.1, 0.15) is 0 Å². The second-order valence-corrected chi connectivity index (χ2v) is 8.24. The Balaban J connectivity index is 3.27. The predicted octanol–water partition coefficient (Wildman–Crippen LogP) is -1.12. The van der Waals surface area contributed by atoms with Crippen LogP contribution in [-0.2, 0) is 30.4 Å². The highest BCUT2D eigenvalue weighted by Crippen LogP contribution is 2.16. The quantitative estimate of drug-likeness (QED) is 0.0750. The Morgan fingerprint density at radius 2 is 1.35 bits per heavy atom. The monoisotopic (exact) mass is 528 g/mol. The van der Waals surface area contributed by atoms with E-state index < -0.39 is 72.5 Å². The molecular weight excluding hydrogens is 500 g/mol. The summed E-state index contributed by atoms with van der Waals surface area (Å²) in [4.78, 5) is 69.3. The van der Waals surface area contributed by atoms with Crippen molar-refractivity contribution in [3.63, 3.8) is 0 Å². The highest BCUT2D eigenvalue weighted by atomic mass is 16.6. The molecule has 2 unspecified atom stereocenters. The number of hydrogen-bond donors (Lipinski definition) is 6. The molecule has 0 radical (unpaired) electrons. The molecule has 204 valence electrons. The molecule has 0 amide bonds. The Bertz CT molecular complexity index is 970. The second-order valence-electron chi connectivity index (χ2n) is 8.24. The summed E-state index contributed by atoms with van der Waals surface area (Å²) >= 11 is 0. The van der Waals surface area contributed by atoms with Gasteiger partial charge >= 0.3 is 29.8 Å². The lowest BCUT2D eigenvalue weighted by molar-refractivity contribution is -0.384. The zero-order valence-electron chi connectivity index (χ0n) is 19.7. The van der Waals surface area contributed by atoms with Gasteiger partial charge in [0.05, 0.1) is 24.6 Å². The molecule has 0 aromatic heterocycles. The van der Waals surface area contributed by atoms with E-state index in [1.807, 2.05) is 0 Å². The first-order valence-electron chi connectivity index (χ1n) is 10.8. The van der Waals surface area contributed by atoms with Gasteiger partial charge in [0.25, 0.3) is 5.69 Å². The van der Waals surface area contributed by atoms with Crippen molar-refractivity contribution in [2.75, 3.05) is 32.7 Å². The average Bonchev–Trinajstić information content (AvgIpc) is 2.75. The van der Waals surface area contributed by atoms with Crippen LogP contribution in [0, 0.1) is 10.1 Å². The Hall–Kier alpha value is -4.15. The van der Waals surface area contributed by atoms with E-state index >= 15 is 0 Å². The van der Waals surface area contributed by atoms with Crippen molar-refractivity contribution in [1.82, 2.24) is 15.1 Å². The average molecular weight is 528 g/mol. The fourth-order valence-corrected chi connectivity index (χ4v) is 3.66. The first kappa shape index (κ1) is 30.9. The van der Waals surface area contributed by atoms with Gasteiger partial charge in [-0.1, -0.05) is 12.1 Å². The summed E-state index contributed by atoms with van der Waals surface area (Å²) in [6.45, 7) is -1.00. The Labute approximate surface area is 209 Å². The molecule has 0 bridgehead atoms. The van der Waals surface area contributed by atoms with Crippen molar-refractivity contribution in [2.24, 2.45) is 0 Å². The summed E-state index contributed by atoms with van der Waals surface area (Å²) in [5, 5.41) is 59.4. The Morgan fingerprint density at radius 1 is 0.865 bits per heavy atom. The molecule has 0 aliphatic rings. The summed E-state index contributed by atoms with van der Waals surface area (Å²) in [5.74, 6) is -7.30. The standard InChI is InChI=1S/C21H28N4O12/c1-12(22-19(20(32)33)21(34)35)7-23(9-16(26)27)8-15(24(10-17(28)29)11-18(30)31)6-13-2-4-14(5-3-13)25(36)37/h2-5,12,15,19,22H,6-11H2,1H3,(H,26,27)(H,28,29)(H,30,31)(H,32,33)(H,34,35). The van der Waals surface area contributed by atoms with E-state index in [2.05, 4.69) is 5.32 Å². The van der Waals surface area contributed by atoms with Gasteiger partial charge in [-0.05, 0) is 18.9 Å².